The number of carbonyl (C=O) groups is 1. The van der Waals surface area contributed by atoms with Gasteiger partial charge in [0.25, 0.3) is 0 Å². The van der Waals surface area contributed by atoms with E-state index in [0.717, 1.165) is 5.56 Å². The molecule has 2 N–H and O–H groups in total. The molecule has 112 valence electrons. The lowest BCUT2D eigenvalue weighted by Gasteiger charge is -2.36. The van der Waals surface area contributed by atoms with E-state index < -0.39 is 15.9 Å². The smallest absolute Gasteiger partial charge is 0.239 e. The molecule has 1 fully saturated rings. The summed E-state index contributed by atoms with van der Waals surface area (Å²) in [5.41, 5.74) is 5.93. The minimum atomic E-state index is -3.55. The van der Waals surface area contributed by atoms with Gasteiger partial charge in [0.15, 0.2) is 0 Å². The molecular formula is C14H16N2O4S. The third-order valence-corrected chi connectivity index (χ3v) is 5.73. The van der Waals surface area contributed by atoms with Crippen LogP contribution in [0.1, 0.15) is 12.0 Å². The third-order valence-electron chi connectivity index (χ3n) is 3.76. The molecule has 1 amide bonds. The first-order valence-corrected chi connectivity index (χ1v) is 8.14. The fourth-order valence-electron chi connectivity index (χ4n) is 2.42. The predicted molar refractivity (Wildman–Crippen MR) is 77.7 cm³/mol. The molecule has 2 aliphatic heterocycles. The van der Waals surface area contributed by atoms with Crippen LogP contribution in [0.3, 0.4) is 0 Å². The van der Waals surface area contributed by atoms with Crippen molar-refractivity contribution in [3.05, 3.63) is 34.7 Å². The van der Waals surface area contributed by atoms with Crippen LogP contribution in [0.15, 0.2) is 29.2 Å². The fraction of sp³-hybridized carbons (Fsp3) is 0.357. The molecular weight excluding hydrogens is 292 g/mol. The number of carbonyl (C=O) groups excluding carboxylic acids is 1. The zero-order valence-electron chi connectivity index (χ0n) is 11.4. The maximum absolute atomic E-state index is 12.5. The van der Waals surface area contributed by atoms with E-state index in [1.807, 2.05) is 24.3 Å². The highest BCUT2D eigenvalue weighted by atomic mass is 32.2. The molecule has 0 spiro atoms. The first kappa shape index (κ1) is 14.1. The van der Waals surface area contributed by atoms with E-state index in [-0.39, 0.29) is 19.0 Å². The number of ether oxygens (including phenoxy) is 1. The molecule has 0 atom stereocenters. The Morgan fingerprint density at radius 3 is 2.71 bits per heavy atom. The Bertz CT molecular complexity index is 705. The van der Waals surface area contributed by atoms with E-state index >= 15 is 0 Å². The van der Waals surface area contributed by atoms with E-state index in [4.69, 9.17) is 10.5 Å². The van der Waals surface area contributed by atoms with Crippen LogP contribution < -0.4 is 10.5 Å². The van der Waals surface area contributed by atoms with E-state index in [9.17, 15) is 13.2 Å². The maximum Gasteiger partial charge on any atom is 0.239 e. The van der Waals surface area contributed by atoms with Crippen molar-refractivity contribution >= 4 is 22.0 Å². The number of hydrogen-bond donors (Lipinski definition) is 1. The molecule has 0 saturated carbocycles. The van der Waals surface area contributed by atoms with Crippen molar-refractivity contribution in [3.8, 4) is 5.75 Å². The number of benzene rings is 1. The molecule has 0 bridgehead atoms. The van der Waals surface area contributed by atoms with Gasteiger partial charge in [-0.2, -0.15) is 4.31 Å². The Morgan fingerprint density at radius 2 is 2.00 bits per heavy atom. The number of fused-ring (bicyclic) bond motifs is 1. The summed E-state index contributed by atoms with van der Waals surface area (Å²) in [6, 6.07) is 7.31. The summed E-state index contributed by atoms with van der Waals surface area (Å²) in [4.78, 5) is 11.3. The van der Waals surface area contributed by atoms with Gasteiger partial charge in [-0.3, -0.25) is 4.79 Å². The molecule has 0 radical (unpaired) electrons. The Hall–Kier alpha value is -1.86. The van der Waals surface area contributed by atoms with Gasteiger partial charge in [-0.15, -0.1) is 0 Å². The quantitative estimate of drug-likeness (QED) is 0.883. The molecule has 6 nitrogen and oxygen atoms in total. The predicted octanol–water partition coefficient (Wildman–Crippen LogP) is 0.557. The highest BCUT2D eigenvalue weighted by Crippen LogP contribution is 2.31. The van der Waals surface area contributed by atoms with Crippen molar-refractivity contribution in [3.63, 3.8) is 0 Å². The minimum Gasteiger partial charge on any atom is -0.493 e. The average Bonchev–Trinajstić information content (AvgIpc) is 2.58. The van der Waals surface area contributed by atoms with Gasteiger partial charge in [0.05, 0.1) is 17.4 Å². The van der Waals surface area contributed by atoms with Crippen molar-refractivity contribution in [2.45, 2.75) is 6.42 Å². The molecule has 2 heterocycles. The topological polar surface area (TPSA) is 89.7 Å². The number of nitrogens with zero attached hydrogens (tertiary/aromatic N) is 1. The van der Waals surface area contributed by atoms with Crippen molar-refractivity contribution in [2.75, 3.05) is 19.7 Å². The van der Waals surface area contributed by atoms with Crippen LogP contribution in [0.5, 0.6) is 5.75 Å². The van der Waals surface area contributed by atoms with Crippen molar-refractivity contribution in [2.24, 2.45) is 11.7 Å². The van der Waals surface area contributed by atoms with Gasteiger partial charge in [-0.05, 0) is 12.1 Å². The Kier molecular flexibility index (Phi) is 3.46. The zero-order valence-corrected chi connectivity index (χ0v) is 12.2. The van der Waals surface area contributed by atoms with Gasteiger partial charge < -0.3 is 10.5 Å². The van der Waals surface area contributed by atoms with E-state index in [0.29, 0.717) is 23.7 Å². The standard InChI is InChI=1S/C14H16N2O4S/c15-14(17)11-8-16(9-11)21(18,19)12-5-6-20-13-4-2-1-3-10(13)7-12/h1-4,7,11H,5-6,8-9H2,(H2,15,17). The van der Waals surface area contributed by atoms with Gasteiger partial charge in [-0.25, -0.2) is 8.42 Å². The number of rotatable bonds is 3. The van der Waals surface area contributed by atoms with Crippen LogP contribution in [0.2, 0.25) is 0 Å². The summed E-state index contributed by atoms with van der Waals surface area (Å²) in [5, 5.41) is 0. The fourth-order valence-corrected chi connectivity index (χ4v) is 4.12. The highest BCUT2D eigenvalue weighted by Gasteiger charge is 2.40. The zero-order chi connectivity index (χ0) is 15.0. The maximum atomic E-state index is 12.5. The van der Waals surface area contributed by atoms with Crippen LogP contribution >= 0.6 is 0 Å². The summed E-state index contributed by atoms with van der Waals surface area (Å²) in [5.74, 6) is -0.152. The van der Waals surface area contributed by atoms with Gasteiger partial charge in [0, 0.05) is 25.1 Å². The van der Waals surface area contributed by atoms with Crippen molar-refractivity contribution in [1.82, 2.24) is 4.31 Å². The highest BCUT2D eigenvalue weighted by molar-refractivity contribution is 7.93. The third kappa shape index (κ3) is 2.54. The lowest BCUT2D eigenvalue weighted by atomic mass is 10.0. The number of primary amides is 1. The Labute approximate surface area is 123 Å². The molecule has 7 heteroatoms. The first-order valence-electron chi connectivity index (χ1n) is 6.70. The van der Waals surface area contributed by atoms with Gasteiger partial charge >= 0.3 is 0 Å². The van der Waals surface area contributed by atoms with Crippen molar-refractivity contribution < 1.29 is 17.9 Å². The van der Waals surface area contributed by atoms with Gasteiger partial charge in [-0.1, -0.05) is 18.2 Å². The van der Waals surface area contributed by atoms with Gasteiger partial charge in [0.1, 0.15) is 5.75 Å². The second-order valence-corrected chi connectivity index (χ2v) is 7.16. The molecule has 0 aromatic heterocycles. The number of amides is 1. The molecule has 0 aliphatic carbocycles. The lowest BCUT2D eigenvalue weighted by Crippen LogP contribution is -2.54. The summed E-state index contributed by atoms with van der Waals surface area (Å²) in [6.07, 6.45) is 1.96. The molecule has 2 aliphatic rings. The van der Waals surface area contributed by atoms with Crippen LogP contribution in [-0.4, -0.2) is 38.3 Å². The van der Waals surface area contributed by atoms with Crippen LogP contribution in [0.4, 0.5) is 0 Å². The molecule has 1 aromatic carbocycles. The van der Waals surface area contributed by atoms with E-state index in [1.165, 1.54) is 4.31 Å². The molecule has 21 heavy (non-hydrogen) atoms. The number of sulfonamides is 1. The number of nitrogens with two attached hydrogens (primary N) is 1. The molecule has 1 aromatic rings. The number of hydrogen-bond acceptors (Lipinski definition) is 4. The first-order chi connectivity index (χ1) is 9.98. The lowest BCUT2D eigenvalue weighted by molar-refractivity contribution is -0.124. The van der Waals surface area contributed by atoms with E-state index in [1.54, 1.807) is 6.08 Å². The summed E-state index contributed by atoms with van der Waals surface area (Å²) < 4.78 is 31.9. The SMILES string of the molecule is NC(=O)C1CN(S(=O)(=O)C2=Cc3ccccc3OCC2)C1. The average molecular weight is 308 g/mol. The normalized spacial score (nSPS) is 19.7. The summed E-state index contributed by atoms with van der Waals surface area (Å²) >= 11 is 0. The minimum absolute atomic E-state index is 0.164. The second kappa shape index (κ2) is 5.16. The van der Waals surface area contributed by atoms with Crippen LogP contribution in [0, 0.1) is 5.92 Å². The summed E-state index contributed by atoms with van der Waals surface area (Å²) in [6.45, 7) is 0.643. The Morgan fingerprint density at radius 1 is 1.29 bits per heavy atom. The van der Waals surface area contributed by atoms with Crippen molar-refractivity contribution in [1.29, 1.82) is 0 Å². The molecule has 3 rings (SSSR count). The van der Waals surface area contributed by atoms with Crippen LogP contribution in [-0.2, 0) is 14.8 Å². The Balaban J connectivity index is 1.86. The summed E-state index contributed by atoms with van der Waals surface area (Å²) in [7, 11) is -3.55. The monoisotopic (exact) mass is 308 g/mol. The largest absolute Gasteiger partial charge is 0.493 e. The molecule has 1 saturated heterocycles. The second-order valence-electron chi connectivity index (χ2n) is 5.17. The van der Waals surface area contributed by atoms with Gasteiger partial charge in [0.2, 0.25) is 15.9 Å². The van der Waals surface area contributed by atoms with Crippen LogP contribution in [0.25, 0.3) is 6.08 Å². The molecule has 0 unspecified atom stereocenters. The number of para-hydroxylation sites is 1. The van der Waals surface area contributed by atoms with E-state index in [2.05, 4.69) is 0 Å².